The summed E-state index contributed by atoms with van der Waals surface area (Å²) in [5.41, 5.74) is 0.323. The molecule has 210 valence electrons. The van der Waals surface area contributed by atoms with E-state index in [-0.39, 0.29) is 34.5 Å². The number of nitrogens with zero attached hydrogens (tertiary/aromatic N) is 4. The minimum Gasteiger partial charge on any atom is -0.355 e. The van der Waals surface area contributed by atoms with Gasteiger partial charge in [-0.15, -0.1) is 6.58 Å². The van der Waals surface area contributed by atoms with Crippen LogP contribution >= 0.6 is 15.9 Å². The van der Waals surface area contributed by atoms with Gasteiger partial charge in [-0.1, -0.05) is 22.0 Å². The predicted octanol–water partition coefficient (Wildman–Crippen LogP) is 4.58. The normalized spacial score (nSPS) is 14.9. The molecule has 1 atom stereocenters. The van der Waals surface area contributed by atoms with Crippen LogP contribution in [-0.2, 0) is 19.1 Å². The highest BCUT2D eigenvalue weighted by atomic mass is 79.9. The Hall–Kier alpha value is -3.93. The summed E-state index contributed by atoms with van der Waals surface area (Å²) < 4.78 is 41.7. The first-order valence-electron chi connectivity index (χ1n) is 12.3. The molecule has 40 heavy (non-hydrogen) atoms. The fraction of sp³-hybridized carbons (Fsp3) is 0.286. The summed E-state index contributed by atoms with van der Waals surface area (Å²) in [6, 6.07) is 9.40. The number of hydrogen-bond acceptors (Lipinski definition) is 5. The third-order valence-corrected chi connectivity index (χ3v) is 7.43. The molecule has 0 saturated carbocycles. The van der Waals surface area contributed by atoms with Crippen molar-refractivity contribution in [3.8, 4) is 5.69 Å². The summed E-state index contributed by atoms with van der Waals surface area (Å²) in [7, 11) is 3.26. The molecule has 3 aromatic rings. The molecule has 0 radical (unpaired) electrons. The first-order chi connectivity index (χ1) is 18.9. The van der Waals surface area contributed by atoms with Gasteiger partial charge in [0.1, 0.15) is 0 Å². The number of carbonyl (C=O) groups excluding carboxylic acids is 2. The lowest BCUT2D eigenvalue weighted by molar-refractivity contribution is -0.138. The number of fused-ring (bicyclic) bond motifs is 1. The van der Waals surface area contributed by atoms with Crippen molar-refractivity contribution in [1.82, 2.24) is 19.8 Å². The molecule has 2 aromatic carbocycles. The molecular formula is C28H27BrF3N5O3. The van der Waals surface area contributed by atoms with Gasteiger partial charge in [0.2, 0.25) is 5.95 Å². The van der Waals surface area contributed by atoms with Gasteiger partial charge in [0.05, 0.1) is 23.5 Å². The van der Waals surface area contributed by atoms with Gasteiger partial charge < -0.3 is 15.1 Å². The monoisotopic (exact) mass is 617 g/mol. The Morgan fingerprint density at radius 1 is 1.20 bits per heavy atom. The zero-order chi connectivity index (χ0) is 29.4. The van der Waals surface area contributed by atoms with E-state index in [9.17, 15) is 27.6 Å². The zero-order valence-electron chi connectivity index (χ0n) is 22.1. The predicted molar refractivity (Wildman–Crippen MR) is 149 cm³/mol. The second kappa shape index (κ2) is 11.3. The van der Waals surface area contributed by atoms with E-state index in [1.54, 1.807) is 49.2 Å². The summed E-state index contributed by atoms with van der Waals surface area (Å²) in [4.78, 5) is 47.1. The minimum atomic E-state index is -4.63. The maximum absolute atomic E-state index is 13.9. The number of alkyl halides is 3. The summed E-state index contributed by atoms with van der Waals surface area (Å²) in [6.45, 7) is 5.80. The van der Waals surface area contributed by atoms with E-state index in [0.29, 0.717) is 35.0 Å². The van der Waals surface area contributed by atoms with Gasteiger partial charge in [0.15, 0.2) is 0 Å². The summed E-state index contributed by atoms with van der Waals surface area (Å²) in [6.07, 6.45) is -2.82. The second-order valence-corrected chi connectivity index (χ2v) is 10.3. The molecule has 0 bridgehead atoms. The molecule has 1 aliphatic heterocycles. The number of anilines is 1. The van der Waals surface area contributed by atoms with Crippen LogP contribution in [0, 0.1) is 0 Å². The van der Waals surface area contributed by atoms with E-state index in [0.717, 1.165) is 6.07 Å². The number of rotatable bonds is 6. The Labute approximate surface area is 237 Å². The van der Waals surface area contributed by atoms with Crippen LogP contribution in [0.25, 0.3) is 5.69 Å². The second-order valence-electron chi connectivity index (χ2n) is 9.45. The van der Waals surface area contributed by atoms with Gasteiger partial charge in [0.25, 0.3) is 17.4 Å². The summed E-state index contributed by atoms with van der Waals surface area (Å²) in [5.74, 6) is -0.563. The molecule has 0 saturated heterocycles. The molecule has 4 rings (SSSR count). The van der Waals surface area contributed by atoms with E-state index in [1.165, 1.54) is 28.6 Å². The molecule has 1 N–H and O–H groups in total. The van der Waals surface area contributed by atoms with E-state index < -0.39 is 23.7 Å². The number of likely N-dealkylation sites (N-methyl/N-ethyl adjacent to an activating group) is 1. The van der Waals surface area contributed by atoms with Crippen LogP contribution in [0.3, 0.4) is 0 Å². The average molecular weight is 618 g/mol. The van der Waals surface area contributed by atoms with Crippen molar-refractivity contribution in [3.05, 3.63) is 97.9 Å². The zero-order valence-corrected chi connectivity index (χ0v) is 23.6. The maximum Gasteiger partial charge on any atom is 0.417 e. The van der Waals surface area contributed by atoms with Crippen molar-refractivity contribution >= 4 is 33.7 Å². The SMILES string of the molecule is C=CCN(C)c1nc2c(c(=O)n1-c1ccc(C(=O)NC)cc1)CC(C)N(C(=O)c1ccc(Br)c(C(F)(F)F)c1)C2. The number of carbonyl (C=O) groups is 2. The Morgan fingerprint density at radius 3 is 2.45 bits per heavy atom. The van der Waals surface area contributed by atoms with Crippen LogP contribution in [0.15, 0.2) is 64.4 Å². The molecular weight excluding hydrogens is 591 g/mol. The molecule has 2 heterocycles. The van der Waals surface area contributed by atoms with Crippen LogP contribution in [0.4, 0.5) is 19.1 Å². The first kappa shape index (κ1) is 29.1. The van der Waals surface area contributed by atoms with Crippen LogP contribution in [-0.4, -0.2) is 52.9 Å². The summed E-state index contributed by atoms with van der Waals surface area (Å²) >= 11 is 2.90. The highest BCUT2D eigenvalue weighted by Crippen LogP contribution is 2.36. The van der Waals surface area contributed by atoms with Gasteiger partial charge in [-0.3, -0.25) is 14.4 Å². The molecule has 8 nitrogen and oxygen atoms in total. The number of hydrogen-bond donors (Lipinski definition) is 1. The Kier molecular flexibility index (Phi) is 8.20. The highest BCUT2D eigenvalue weighted by molar-refractivity contribution is 9.10. The number of amides is 2. The lowest BCUT2D eigenvalue weighted by atomic mass is 9.98. The lowest BCUT2D eigenvalue weighted by Crippen LogP contribution is -2.46. The molecule has 0 fully saturated rings. The van der Waals surface area contributed by atoms with Crippen molar-refractivity contribution in [2.24, 2.45) is 0 Å². The average Bonchev–Trinajstić information content (AvgIpc) is 2.92. The molecule has 1 aromatic heterocycles. The largest absolute Gasteiger partial charge is 0.417 e. The number of nitrogens with one attached hydrogen (secondary N) is 1. The standard InChI is InChI=1S/C28H27BrF3N5O3/c1-5-12-35(4)27-34-23-15-36(25(39)18-8-11-22(29)21(14-18)28(30,31)32)16(2)13-20(23)26(40)37(27)19-9-6-17(7-10-19)24(38)33-3/h5-11,14,16H,1,12-13,15H2,2-4H3,(H,33,38). The Morgan fingerprint density at radius 2 is 1.85 bits per heavy atom. The van der Waals surface area contributed by atoms with Crippen molar-refractivity contribution in [3.63, 3.8) is 0 Å². The lowest BCUT2D eigenvalue weighted by Gasteiger charge is -2.35. The third-order valence-electron chi connectivity index (χ3n) is 6.73. The number of benzene rings is 2. The topological polar surface area (TPSA) is 87.5 Å². The van der Waals surface area contributed by atoms with Gasteiger partial charge in [-0.2, -0.15) is 13.2 Å². The van der Waals surface area contributed by atoms with E-state index in [4.69, 9.17) is 4.98 Å². The van der Waals surface area contributed by atoms with E-state index in [1.807, 2.05) is 0 Å². The van der Waals surface area contributed by atoms with Crippen LogP contribution in [0.5, 0.6) is 0 Å². The van der Waals surface area contributed by atoms with Crippen LogP contribution in [0.1, 0.15) is 44.5 Å². The van der Waals surface area contributed by atoms with Gasteiger partial charge in [-0.05, 0) is 55.8 Å². The maximum atomic E-state index is 13.9. The first-order valence-corrected chi connectivity index (χ1v) is 13.1. The minimum absolute atomic E-state index is 0.0482. The summed E-state index contributed by atoms with van der Waals surface area (Å²) in [5, 5.41) is 2.55. The van der Waals surface area contributed by atoms with Crippen LogP contribution in [0.2, 0.25) is 0 Å². The molecule has 0 aliphatic carbocycles. The molecule has 1 unspecified atom stereocenters. The van der Waals surface area contributed by atoms with Gasteiger partial charge in [-0.25, -0.2) is 9.55 Å². The number of aromatic nitrogens is 2. The molecule has 1 aliphatic rings. The third kappa shape index (κ3) is 5.53. The van der Waals surface area contributed by atoms with Crippen molar-refractivity contribution in [1.29, 1.82) is 0 Å². The van der Waals surface area contributed by atoms with Gasteiger partial charge >= 0.3 is 6.18 Å². The van der Waals surface area contributed by atoms with E-state index in [2.05, 4.69) is 27.8 Å². The molecule has 2 amide bonds. The Bertz CT molecular complexity index is 1540. The molecule has 12 heteroatoms. The van der Waals surface area contributed by atoms with Crippen LogP contribution < -0.4 is 15.8 Å². The van der Waals surface area contributed by atoms with E-state index >= 15 is 0 Å². The van der Waals surface area contributed by atoms with Gasteiger partial charge in [0, 0.05) is 47.8 Å². The fourth-order valence-electron chi connectivity index (χ4n) is 4.63. The smallest absolute Gasteiger partial charge is 0.355 e. The number of halogens is 4. The highest BCUT2D eigenvalue weighted by Gasteiger charge is 2.36. The van der Waals surface area contributed by atoms with Crippen molar-refractivity contribution in [2.45, 2.75) is 32.1 Å². The quantitative estimate of drug-likeness (QED) is 0.409. The van der Waals surface area contributed by atoms with Crippen molar-refractivity contribution < 1.29 is 22.8 Å². The molecule has 0 spiro atoms. The Balaban J connectivity index is 1.78. The van der Waals surface area contributed by atoms with Crippen molar-refractivity contribution in [2.75, 3.05) is 25.5 Å². The fourth-order valence-corrected chi connectivity index (χ4v) is 5.10.